The van der Waals surface area contributed by atoms with Crippen molar-refractivity contribution in [2.24, 2.45) is 5.41 Å². The molecule has 2 aromatic carbocycles. The molecule has 1 spiro atoms. The van der Waals surface area contributed by atoms with Crippen LogP contribution in [0.4, 0.5) is 14.6 Å². The fourth-order valence-corrected chi connectivity index (χ4v) is 8.39. The second-order valence-corrected chi connectivity index (χ2v) is 21.1. The quantitative estimate of drug-likeness (QED) is 0.175. The molecule has 2 aliphatic heterocycles. The van der Waals surface area contributed by atoms with Crippen molar-refractivity contribution in [2.45, 2.75) is 104 Å². The van der Waals surface area contributed by atoms with Crippen LogP contribution < -0.4 is 9.64 Å². The van der Waals surface area contributed by atoms with Crippen molar-refractivity contribution in [1.82, 2.24) is 19.8 Å². The molecular formula is C39H55F2N5O3Si. The number of aromatic nitrogens is 2. The van der Waals surface area contributed by atoms with Gasteiger partial charge in [-0.05, 0) is 101 Å². The molecule has 2 aliphatic rings. The molecule has 50 heavy (non-hydrogen) atoms. The zero-order valence-corrected chi connectivity index (χ0v) is 32.3. The number of carbonyl (C=O) groups excluding carboxylic acids is 1. The molecule has 0 N–H and O–H groups in total. The average molecular weight is 708 g/mol. The minimum absolute atomic E-state index is 0.0237. The molecule has 5 rings (SSSR count). The van der Waals surface area contributed by atoms with Crippen LogP contribution in [0.2, 0.25) is 18.1 Å². The summed E-state index contributed by atoms with van der Waals surface area (Å²) in [5.41, 5.74) is 1.31. The molecule has 2 unspecified atom stereocenters. The standard InChI is InChI=1S/C39H55F2N5O3Si/c1-27(2)46(28(3)4)37(47)33-21-31(41)14-15-34(33)49-35-23-42-26-43-36(35)45-17-16-39(25-45)22-32(20-29-10-12-30(40)13-11-29)44(24-39)18-19-48-50(8,9)38(5,6)7/h10-15,21,23,26-28,32H,16-20,22,24-25H2,1-9H3. The summed E-state index contributed by atoms with van der Waals surface area (Å²) < 4.78 is 41.3. The third-order valence-corrected chi connectivity index (χ3v) is 15.4. The molecule has 11 heteroatoms. The van der Waals surface area contributed by atoms with E-state index in [9.17, 15) is 13.6 Å². The number of amides is 1. The molecule has 2 atom stereocenters. The summed E-state index contributed by atoms with van der Waals surface area (Å²) in [5, 5.41) is 0.139. The smallest absolute Gasteiger partial charge is 0.258 e. The molecule has 272 valence electrons. The Bertz CT molecular complexity index is 1620. The normalized spacial score (nSPS) is 20.0. The lowest BCUT2D eigenvalue weighted by molar-refractivity contribution is 0.0640. The summed E-state index contributed by atoms with van der Waals surface area (Å²) in [5.74, 6) is 0.319. The summed E-state index contributed by atoms with van der Waals surface area (Å²) in [4.78, 5) is 29.2. The van der Waals surface area contributed by atoms with Gasteiger partial charge in [0, 0.05) is 56.3 Å². The monoisotopic (exact) mass is 707 g/mol. The number of anilines is 1. The van der Waals surface area contributed by atoms with Crippen molar-refractivity contribution in [3.8, 4) is 11.5 Å². The topological polar surface area (TPSA) is 71.0 Å². The number of benzene rings is 2. The molecule has 2 fully saturated rings. The van der Waals surface area contributed by atoms with Crippen LogP contribution in [0.1, 0.15) is 77.2 Å². The van der Waals surface area contributed by atoms with Crippen LogP contribution in [0.25, 0.3) is 0 Å². The highest BCUT2D eigenvalue weighted by Crippen LogP contribution is 2.46. The molecule has 3 aromatic rings. The SMILES string of the molecule is CC(C)N(C(=O)c1cc(F)ccc1Oc1cncnc1N1CCC2(CC(Cc3ccc(F)cc3)N(CCO[Si](C)(C)C(C)(C)C)C2)C1)C(C)C. The first-order valence-corrected chi connectivity index (χ1v) is 20.9. The third-order valence-electron chi connectivity index (χ3n) is 10.9. The van der Waals surface area contributed by atoms with Gasteiger partial charge in [0.1, 0.15) is 23.7 Å². The number of ether oxygens (including phenoxy) is 1. The van der Waals surface area contributed by atoms with Crippen LogP contribution in [0.5, 0.6) is 11.5 Å². The van der Waals surface area contributed by atoms with Crippen LogP contribution >= 0.6 is 0 Å². The Morgan fingerprint density at radius 1 is 1.02 bits per heavy atom. The third kappa shape index (κ3) is 8.54. The van der Waals surface area contributed by atoms with E-state index in [4.69, 9.17) is 9.16 Å². The Balaban J connectivity index is 1.36. The fourth-order valence-electron chi connectivity index (χ4n) is 7.36. The summed E-state index contributed by atoms with van der Waals surface area (Å²) >= 11 is 0. The molecular weight excluding hydrogens is 653 g/mol. The molecule has 1 amide bonds. The van der Waals surface area contributed by atoms with Gasteiger partial charge in [-0.25, -0.2) is 18.7 Å². The van der Waals surface area contributed by atoms with Gasteiger partial charge < -0.3 is 19.0 Å². The van der Waals surface area contributed by atoms with Gasteiger partial charge in [0.25, 0.3) is 5.91 Å². The lowest BCUT2D eigenvalue weighted by atomic mass is 9.83. The Hall–Kier alpha value is -3.41. The fraction of sp³-hybridized carbons (Fsp3) is 0.564. The van der Waals surface area contributed by atoms with Gasteiger partial charge >= 0.3 is 0 Å². The largest absolute Gasteiger partial charge is 0.451 e. The summed E-state index contributed by atoms with van der Waals surface area (Å²) in [6.07, 6.45) is 5.95. The van der Waals surface area contributed by atoms with Gasteiger partial charge in [0.2, 0.25) is 0 Å². The van der Waals surface area contributed by atoms with Crippen molar-refractivity contribution >= 4 is 20.0 Å². The van der Waals surface area contributed by atoms with E-state index in [2.05, 4.69) is 53.6 Å². The van der Waals surface area contributed by atoms with Gasteiger partial charge in [0.15, 0.2) is 19.9 Å². The van der Waals surface area contributed by atoms with Crippen LogP contribution in [0, 0.1) is 17.0 Å². The number of hydrogen-bond donors (Lipinski definition) is 0. The predicted octanol–water partition coefficient (Wildman–Crippen LogP) is 8.34. The maximum absolute atomic E-state index is 14.5. The molecule has 0 radical (unpaired) electrons. The maximum atomic E-state index is 14.5. The van der Waals surface area contributed by atoms with Crippen LogP contribution in [0.3, 0.4) is 0 Å². The zero-order valence-electron chi connectivity index (χ0n) is 31.3. The van der Waals surface area contributed by atoms with E-state index in [1.807, 2.05) is 39.8 Å². The number of halogens is 2. The Kier molecular flexibility index (Phi) is 11.4. The van der Waals surface area contributed by atoms with E-state index in [1.165, 1.54) is 24.5 Å². The van der Waals surface area contributed by atoms with Crippen LogP contribution in [-0.4, -0.2) is 84.9 Å². The zero-order chi connectivity index (χ0) is 36.4. The minimum atomic E-state index is -1.89. The van der Waals surface area contributed by atoms with Crippen LogP contribution in [-0.2, 0) is 10.8 Å². The summed E-state index contributed by atoms with van der Waals surface area (Å²) in [6.45, 7) is 23.2. The van der Waals surface area contributed by atoms with E-state index in [0.717, 1.165) is 51.0 Å². The van der Waals surface area contributed by atoms with Gasteiger partial charge in [-0.1, -0.05) is 32.9 Å². The highest BCUT2D eigenvalue weighted by atomic mass is 28.4. The van der Waals surface area contributed by atoms with Crippen LogP contribution in [0.15, 0.2) is 55.0 Å². The maximum Gasteiger partial charge on any atom is 0.258 e. The highest BCUT2D eigenvalue weighted by Gasteiger charge is 2.48. The van der Waals surface area contributed by atoms with Crippen molar-refractivity contribution in [1.29, 1.82) is 0 Å². The number of carbonyl (C=O) groups is 1. The van der Waals surface area contributed by atoms with E-state index in [0.29, 0.717) is 24.2 Å². The lowest BCUT2D eigenvalue weighted by Gasteiger charge is -2.37. The van der Waals surface area contributed by atoms with E-state index in [-0.39, 0.29) is 45.6 Å². The summed E-state index contributed by atoms with van der Waals surface area (Å²) in [7, 11) is -1.89. The highest BCUT2D eigenvalue weighted by molar-refractivity contribution is 6.74. The molecule has 8 nitrogen and oxygen atoms in total. The molecule has 0 aliphatic carbocycles. The van der Waals surface area contributed by atoms with Crippen molar-refractivity contribution in [2.75, 3.05) is 37.7 Å². The van der Waals surface area contributed by atoms with Gasteiger partial charge in [-0.2, -0.15) is 0 Å². The number of likely N-dealkylation sites (tertiary alicyclic amines) is 1. The van der Waals surface area contributed by atoms with Crippen molar-refractivity contribution < 1.29 is 22.7 Å². The summed E-state index contributed by atoms with van der Waals surface area (Å²) in [6, 6.07) is 11.1. The second-order valence-electron chi connectivity index (χ2n) is 16.3. The van der Waals surface area contributed by atoms with E-state index in [1.54, 1.807) is 23.2 Å². The lowest BCUT2D eigenvalue weighted by Crippen LogP contribution is -2.43. The second kappa shape index (κ2) is 15.1. The Morgan fingerprint density at radius 3 is 2.36 bits per heavy atom. The Labute approximate surface area is 298 Å². The van der Waals surface area contributed by atoms with E-state index < -0.39 is 14.1 Å². The first-order chi connectivity index (χ1) is 23.5. The number of rotatable bonds is 12. The van der Waals surface area contributed by atoms with E-state index >= 15 is 0 Å². The molecule has 0 bridgehead atoms. The van der Waals surface area contributed by atoms with Crippen molar-refractivity contribution in [3.05, 3.63) is 77.8 Å². The average Bonchev–Trinajstić information content (AvgIpc) is 3.60. The predicted molar refractivity (Wildman–Crippen MR) is 197 cm³/mol. The Morgan fingerprint density at radius 2 is 1.70 bits per heavy atom. The first-order valence-electron chi connectivity index (χ1n) is 18.0. The molecule has 3 heterocycles. The molecule has 1 aromatic heterocycles. The minimum Gasteiger partial charge on any atom is -0.451 e. The number of nitrogens with zero attached hydrogens (tertiary/aromatic N) is 5. The van der Waals surface area contributed by atoms with Gasteiger partial charge in [-0.15, -0.1) is 0 Å². The van der Waals surface area contributed by atoms with Gasteiger partial charge in [-0.3, -0.25) is 9.69 Å². The van der Waals surface area contributed by atoms with Crippen molar-refractivity contribution in [3.63, 3.8) is 0 Å². The molecule has 0 saturated carbocycles. The van der Waals surface area contributed by atoms with Gasteiger partial charge in [0.05, 0.1) is 11.8 Å². The number of hydrogen-bond acceptors (Lipinski definition) is 7. The first kappa shape index (κ1) is 37.8. The molecule has 2 saturated heterocycles.